The van der Waals surface area contributed by atoms with E-state index in [-0.39, 0.29) is 18.2 Å². The number of nitrogens with one attached hydrogen (secondary N) is 1. The van der Waals surface area contributed by atoms with Crippen molar-refractivity contribution in [1.29, 1.82) is 0 Å². The molecule has 0 saturated carbocycles. The van der Waals surface area contributed by atoms with Gasteiger partial charge in [0.05, 0.1) is 24.3 Å². The molecule has 2 aliphatic heterocycles. The Morgan fingerprint density at radius 1 is 1.03 bits per heavy atom. The average Bonchev–Trinajstić information content (AvgIpc) is 3.28. The maximum absolute atomic E-state index is 12.9. The molecule has 9 heteroatoms. The summed E-state index contributed by atoms with van der Waals surface area (Å²) >= 11 is 0. The van der Waals surface area contributed by atoms with Crippen molar-refractivity contribution in [2.75, 3.05) is 0 Å². The number of carbonyl (C=O) groups is 3. The minimum absolute atomic E-state index is 0.184. The van der Waals surface area contributed by atoms with E-state index in [9.17, 15) is 14.4 Å². The van der Waals surface area contributed by atoms with E-state index in [0.29, 0.717) is 18.5 Å². The van der Waals surface area contributed by atoms with Gasteiger partial charge in [-0.15, -0.1) is 0 Å². The second-order valence-electron chi connectivity index (χ2n) is 7.43. The predicted molar refractivity (Wildman–Crippen MR) is 106 cm³/mol. The van der Waals surface area contributed by atoms with Gasteiger partial charge in [-0.2, -0.15) is 15.3 Å². The summed E-state index contributed by atoms with van der Waals surface area (Å²) < 4.78 is 1.78. The van der Waals surface area contributed by atoms with Gasteiger partial charge in [0.2, 0.25) is 11.8 Å². The quantitative estimate of drug-likeness (QED) is 0.662. The summed E-state index contributed by atoms with van der Waals surface area (Å²) in [6, 6.07) is 6.90. The molecule has 1 unspecified atom stereocenters. The highest BCUT2D eigenvalue weighted by atomic mass is 16.2. The van der Waals surface area contributed by atoms with E-state index >= 15 is 0 Å². The predicted octanol–water partition coefficient (Wildman–Crippen LogP) is 1.31. The van der Waals surface area contributed by atoms with Crippen molar-refractivity contribution in [3.63, 3.8) is 0 Å². The summed E-state index contributed by atoms with van der Waals surface area (Å²) in [5, 5.41) is 14.5. The number of aryl methyl sites for hydroxylation is 1. The molecule has 5 rings (SSSR count). The zero-order valence-corrected chi connectivity index (χ0v) is 16.2. The molecule has 1 saturated heterocycles. The van der Waals surface area contributed by atoms with Crippen LogP contribution in [0.4, 0.5) is 0 Å². The molecule has 30 heavy (non-hydrogen) atoms. The van der Waals surface area contributed by atoms with Gasteiger partial charge < -0.3 is 4.90 Å². The van der Waals surface area contributed by atoms with Crippen LogP contribution in [-0.2, 0) is 23.2 Å². The van der Waals surface area contributed by atoms with Crippen molar-refractivity contribution in [2.45, 2.75) is 25.4 Å². The molecule has 2 aliphatic rings. The molecule has 1 atom stereocenters. The first-order valence-electron chi connectivity index (χ1n) is 9.60. The maximum atomic E-state index is 12.9. The van der Waals surface area contributed by atoms with Gasteiger partial charge in [-0.1, -0.05) is 6.07 Å². The lowest BCUT2D eigenvalue weighted by Gasteiger charge is -2.29. The number of rotatable bonds is 3. The second kappa shape index (κ2) is 6.87. The molecule has 2 aromatic heterocycles. The van der Waals surface area contributed by atoms with Gasteiger partial charge in [-0.3, -0.25) is 24.4 Å². The molecule has 150 valence electrons. The molecule has 3 amide bonds. The van der Waals surface area contributed by atoms with E-state index < -0.39 is 11.9 Å². The van der Waals surface area contributed by atoms with Gasteiger partial charge in [-0.25, -0.2) is 0 Å². The van der Waals surface area contributed by atoms with E-state index in [1.807, 2.05) is 25.2 Å². The van der Waals surface area contributed by atoms with Gasteiger partial charge in [0, 0.05) is 36.7 Å². The minimum atomic E-state index is -0.622. The smallest absolute Gasteiger partial charge is 0.255 e. The molecule has 1 fully saturated rings. The molecule has 1 aromatic carbocycles. The highest BCUT2D eigenvalue weighted by molar-refractivity contribution is 6.05. The van der Waals surface area contributed by atoms with Crippen molar-refractivity contribution >= 4 is 17.7 Å². The first-order valence-corrected chi connectivity index (χ1v) is 9.60. The van der Waals surface area contributed by atoms with Gasteiger partial charge >= 0.3 is 0 Å². The maximum Gasteiger partial charge on any atom is 0.255 e. The van der Waals surface area contributed by atoms with Crippen molar-refractivity contribution in [3.05, 3.63) is 54.0 Å². The lowest BCUT2D eigenvalue weighted by molar-refractivity contribution is -0.136. The number of piperidine rings is 1. The zero-order valence-electron chi connectivity index (χ0n) is 16.2. The van der Waals surface area contributed by atoms with Gasteiger partial charge in [0.1, 0.15) is 6.04 Å². The SMILES string of the molecule is Cn1ncc(-c2ccc3c(c2)CN(C2CCC(=O)NC2=O)C3=O)c1-c1ccnnc1. The first kappa shape index (κ1) is 18.2. The van der Waals surface area contributed by atoms with Crippen LogP contribution >= 0.6 is 0 Å². The van der Waals surface area contributed by atoms with E-state index in [2.05, 4.69) is 20.6 Å². The van der Waals surface area contributed by atoms with Crippen molar-refractivity contribution in [1.82, 2.24) is 30.2 Å². The fourth-order valence-electron chi connectivity index (χ4n) is 4.16. The van der Waals surface area contributed by atoms with Crippen LogP contribution in [0.2, 0.25) is 0 Å². The summed E-state index contributed by atoms with van der Waals surface area (Å²) in [6.45, 7) is 0.334. The zero-order chi connectivity index (χ0) is 20.8. The monoisotopic (exact) mass is 402 g/mol. The Morgan fingerprint density at radius 3 is 2.67 bits per heavy atom. The van der Waals surface area contributed by atoms with Crippen LogP contribution in [0.5, 0.6) is 0 Å². The summed E-state index contributed by atoms with van der Waals surface area (Å²) in [5.74, 6) is -0.888. The van der Waals surface area contributed by atoms with Crippen molar-refractivity contribution in [3.8, 4) is 22.4 Å². The van der Waals surface area contributed by atoms with E-state index in [0.717, 1.165) is 27.9 Å². The molecule has 4 heterocycles. The van der Waals surface area contributed by atoms with Crippen LogP contribution in [-0.4, -0.2) is 48.6 Å². The number of fused-ring (bicyclic) bond motifs is 1. The largest absolute Gasteiger partial charge is 0.322 e. The number of aromatic nitrogens is 4. The third kappa shape index (κ3) is 2.86. The van der Waals surface area contributed by atoms with Crippen LogP contribution in [0.3, 0.4) is 0 Å². The number of nitrogens with zero attached hydrogens (tertiary/aromatic N) is 5. The Bertz CT molecular complexity index is 1190. The van der Waals surface area contributed by atoms with Crippen LogP contribution in [0.25, 0.3) is 22.4 Å². The van der Waals surface area contributed by atoms with Crippen LogP contribution < -0.4 is 5.32 Å². The Morgan fingerprint density at radius 2 is 1.90 bits per heavy atom. The number of benzene rings is 1. The molecule has 3 aromatic rings. The highest BCUT2D eigenvalue weighted by Gasteiger charge is 2.39. The molecule has 0 radical (unpaired) electrons. The lowest BCUT2D eigenvalue weighted by Crippen LogP contribution is -2.52. The topological polar surface area (TPSA) is 110 Å². The third-order valence-corrected chi connectivity index (χ3v) is 5.63. The van der Waals surface area contributed by atoms with Crippen LogP contribution in [0.15, 0.2) is 42.9 Å². The average molecular weight is 402 g/mol. The van der Waals surface area contributed by atoms with Gasteiger partial charge in [0.15, 0.2) is 0 Å². The molecule has 9 nitrogen and oxygen atoms in total. The summed E-state index contributed by atoms with van der Waals surface area (Å²) in [4.78, 5) is 38.1. The Hall–Kier alpha value is -3.88. The Kier molecular flexibility index (Phi) is 4.16. The van der Waals surface area contributed by atoms with Crippen molar-refractivity contribution < 1.29 is 14.4 Å². The Labute approximate surface area is 171 Å². The number of imide groups is 1. The lowest BCUT2D eigenvalue weighted by atomic mass is 9.99. The molecule has 0 spiro atoms. The van der Waals surface area contributed by atoms with E-state index in [1.165, 1.54) is 0 Å². The summed E-state index contributed by atoms with van der Waals surface area (Å²) in [6.07, 6.45) is 5.68. The number of hydrogen-bond acceptors (Lipinski definition) is 6. The highest BCUT2D eigenvalue weighted by Crippen LogP contribution is 2.35. The van der Waals surface area contributed by atoms with Gasteiger partial charge in [0.25, 0.3) is 5.91 Å². The number of amides is 3. The van der Waals surface area contributed by atoms with Crippen LogP contribution in [0, 0.1) is 0 Å². The summed E-state index contributed by atoms with van der Waals surface area (Å²) in [7, 11) is 1.86. The number of carbonyl (C=O) groups excluding carboxylic acids is 3. The summed E-state index contributed by atoms with van der Waals surface area (Å²) in [5.41, 5.74) is 5.06. The fraction of sp³-hybridized carbons (Fsp3) is 0.238. The standard InChI is InChI=1S/C21H18N6O3/c1-26-19(13-6-7-22-23-9-13)16(10-24-26)12-2-3-15-14(8-12)11-27(21(15)30)17-4-5-18(28)25-20(17)29/h2-3,6-10,17H,4-5,11H2,1H3,(H,25,28,29). The Balaban J connectivity index is 1.49. The van der Waals surface area contributed by atoms with E-state index in [4.69, 9.17) is 0 Å². The second-order valence-corrected chi connectivity index (χ2v) is 7.43. The van der Waals surface area contributed by atoms with E-state index in [1.54, 1.807) is 34.2 Å². The fourth-order valence-corrected chi connectivity index (χ4v) is 4.16. The first-order chi connectivity index (χ1) is 14.5. The van der Waals surface area contributed by atoms with Crippen LogP contribution in [0.1, 0.15) is 28.8 Å². The molecular formula is C21H18N6O3. The number of hydrogen-bond donors (Lipinski definition) is 1. The van der Waals surface area contributed by atoms with Gasteiger partial charge in [-0.05, 0) is 35.7 Å². The van der Waals surface area contributed by atoms with Crippen molar-refractivity contribution in [2.24, 2.45) is 7.05 Å². The molecule has 0 bridgehead atoms. The molecule has 1 N–H and O–H groups in total. The normalized spacial score (nSPS) is 18.5. The minimum Gasteiger partial charge on any atom is -0.322 e. The molecular weight excluding hydrogens is 384 g/mol. The third-order valence-electron chi connectivity index (χ3n) is 5.63. The molecule has 0 aliphatic carbocycles.